The zero-order valence-electron chi connectivity index (χ0n) is 54.8. The van der Waals surface area contributed by atoms with E-state index in [1.165, 1.54) is 51.4 Å². The summed E-state index contributed by atoms with van der Waals surface area (Å²) in [5.41, 5.74) is 14.1. The molecular weight excluding hydrogens is 1230 g/mol. The fourth-order valence-corrected chi connectivity index (χ4v) is 11.5. The Morgan fingerprint density at radius 1 is 0.319 bits per heavy atom. The number of nitrogens with two attached hydrogens (primary N) is 2. The van der Waals surface area contributed by atoms with Gasteiger partial charge in [0.2, 0.25) is 35.4 Å². The highest BCUT2D eigenvalue weighted by molar-refractivity contribution is 6.29. The van der Waals surface area contributed by atoms with Gasteiger partial charge in [-0.05, 0) is 60.8 Å². The van der Waals surface area contributed by atoms with E-state index in [2.05, 4.69) is 42.5 Å². The smallest absolute Gasteiger partial charge is 0.243 e. The number of halogens is 2. The Morgan fingerprint density at radius 2 is 0.543 bits per heavy atom. The third-order valence-electron chi connectivity index (χ3n) is 16.4. The molecule has 6 atom stereocenters. The second-order valence-electron chi connectivity index (χ2n) is 24.3. The fraction of sp³-hybridized carbons (Fsp3) is 0.528. The SMILES string of the molecule is N=C(N)NCCCC(NC(=O)C(Cc1ccccc1)NC(=O)C(Cc1ccccc1)NC(=O)CCCCCCCCCCCCCCCCCCCCC(=O)NC(Cc1ccccc1)C(=O)NC(Cc1ccccc1)C(=O)NC(CCCNC(=N)N)C(=O)CCl)C(=O)CCl. The molecule has 0 bridgehead atoms. The van der Waals surface area contributed by atoms with E-state index in [-0.39, 0.29) is 98.4 Å². The standard InChI is InChI=1S/C72H104Cl2N12O8/c73-51-63(87)57(41-31-45-79-71(75)76)83-69(93)61(49-55-37-25-19-26-38-55)85-67(91)59(47-53-33-21-17-22-34-53)81-65(89)43-29-15-13-11-9-7-5-3-1-2-4-6-8-10-12-14-16-30-44-66(90)82-60(48-54-35-23-18-24-36-54)68(92)86-62(50-56-39-27-20-28-40-56)70(94)84-58(64(88)52-74)42-32-46-80-72(77)78/h17-28,33-40,57-62H,1-16,29-32,41-52H2,(H,81,89)(H,82,90)(H,83,93)(H,84,94)(H,85,91)(H,86,92)(H4,75,76,79)(H4,77,78,80). The zero-order chi connectivity index (χ0) is 68.0. The van der Waals surface area contributed by atoms with Crippen LogP contribution in [0.4, 0.5) is 0 Å². The highest BCUT2D eigenvalue weighted by Gasteiger charge is 2.32. The summed E-state index contributed by atoms with van der Waals surface area (Å²) < 4.78 is 0. The third kappa shape index (κ3) is 34.9. The first-order valence-electron chi connectivity index (χ1n) is 33.8. The molecule has 22 heteroatoms. The number of Topliss-reactive ketones (excluding diaryl/α,β-unsaturated/α-hetero) is 2. The maximum absolute atomic E-state index is 14.1. The van der Waals surface area contributed by atoms with E-state index in [9.17, 15) is 38.4 Å². The predicted octanol–water partition coefficient (Wildman–Crippen LogP) is 8.81. The summed E-state index contributed by atoms with van der Waals surface area (Å²) in [4.78, 5) is 108. The molecule has 0 fully saturated rings. The first kappa shape index (κ1) is 78.6. The number of rotatable bonds is 51. The molecule has 0 heterocycles. The number of alkyl halides is 2. The average molecular weight is 1340 g/mol. The average Bonchev–Trinajstić information content (AvgIpc) is 1.07. The van der Waals surface area contributed by atoms with E-state index < -0.39 is 59.9 Å². The van der Waals surface area contributed by atoms with E-state index in [0.29, 0.717) is 38.8 Å². The maximum atomic E-state index is 14.1. The number of hydrogen-bond donors (Lipinski definition) is 12. The first-order valence-corrected chi connectivity index (χ1v) is 34.9. The Balaban J connectivity index is 1.09. The van der Waals surface area contributed by atoms with Gasteiger partial charge >= 0.3 is 0 Å². The van der Waals surface area contributed by atoms with Gasteiger partial charge in [0.1, 0.15) is 24.2 Å². The van der Waals surface area contributed by atoms with Crippen molar-refractivity contribution in [1.29, 1.82) is 10.8 Å². The van der Waals surface area contributed by atoms with Gasteiger partial charge in [-0.1, -0.05) is 224 Å². The number of unbranched alkanes of at least 4 members (excludes halogenated alkanes) is 17. The zero-order valence-corrected chi connectivity index (χ0v) is 56.3. The van der Waals surface area contributed by atoms with Crippen molar-refractivity contribution in [3.63, 3.8) is 0 Å². The minimum absolute atomic E-state index is 0.145. The van der Waals surface area contributed by atoms with Crippen LogP contribution in [0.3, 0.4) is 0 Å². The summed E-state index contributed by atoms with van der Waals surface area (Å²) in [6.45, 7) is 0.648. The molecule has 4 aromatic rings. The lowest BCUT2D eigenvalue weighted by atomic mass is 10.0. The van der Waals surface area contributed by atoms with Crippen LogP contribution in [0, 0.1) is 10.8 Å². The lowest BCUT2D eigenvalue weighted by Gasteiger charge is -2.25. The molecule has 0 aliphatic rings. The fourth-order valence-electron chi connectivity index (χ4n) is 11.1. The van der Waals surface area contributed by atoms with Crippen molar-refractivity contribution >= 4 is 82.1 Å². The number of guanidine groups is 2. The normalized spacial score (nSPS) is 12.9. The molecule has 14 N–H and O–H groups in total. The molecule has 514 valence electrons. The molecule has 6 unspecified atom stereocenters. The van der Waals surface area contributed by atoms with Crippen LogP contribution in [-0.4, -0.2) is 120 Å². The van der Waals surface area contributed by atoms with E-state index in [1.54, 1.807) is 0 Å². The molecule has 0 radical (unpaired) electrons. The minimum Gasteiger partial charge on any atom is -0.370 e. The molecule has 20 nitrogen and oxygen atoms in total. The third-order valence-corrected chi connectivity index (χ3v) is 16.9. The maximum Gasteiger partial charge on any atom is 0.243 e. The Bertz CT molecular complexity index is 2690. The number of carbonyl (C=O) groups is 8. The van der Waals surface area contributed by atoms with E-state index in [4.69, 9.17) is 45.5 Å². The monoisotopic (exact) mass is 1330 g/mol. The molecule has 4 aromatic carbocycles. The topological polar surface area (TPSA) is 333 Å². The predicted molar refractivity (Wildman–Crippen MR) is 374 cm³/mol. The summed E-state index contributed by atoms with van der Waals surface area (Å²) in [5, 5.41) is 37.5. The van der Waals surface area contributed by atoms with E-state index in [0.717, 1.165) is 73.6 Å². The molecule has 94 heavy (non-hydrogen) atoms. The van der Waals surface area contributed by atoms with Crippen LogP contribution >= 0.6 is 23.2 Å². The van der Waals surface area contributed by atoms with Crippen LogP contribution in [0.25, 0.3) is 0 Å². The molecule has 0 aromatic heterocycles. The summed E-state index contributed by atoms with van der Waals surface area (Å²) in [7, 11) is 0. The van der Waals surface area contributed by atoms with Crippen LogP contribution in [-0.2, 0) is 64.0 Å². The number of benzene rings is 4. The summed E-state index contributed by atoms with van der Waals surface area (Å²) >= 11 is 11.9. The van der Waals surface area contributed by atoms with Gasteiger partial charge in [-0.2, -0.15) is 0 Å². The molecular formula is C72H104Cl2N12O8. The van der Waals surface area contributed by atoms with Gasteiger partial charge in [0, 0.05) is 51.6 Å². The van der Waals surface area contributed by atoms with Crippen LogP contribution in [0.15, 0.2) is 121 Å². The molecule has 0 spiro atoms. The van der Waals surface area contributed by atoms with Gasteiger partial charge in [-0.25, -0.2) is 0 Å². The van der Waals surface area contributed by atoms with E-state index >= 15 is 0 Å². The lowest BCUT2D eigenvalue weighted by molar-refractivity contribution is -0.133. The highest BCUT2D eigenvalue weighted by atomic mass is 35.5. The summed E-state index contributed by atoms with van der Waals surface area (Å²) in [6.07, 6.45) is 22.1. The Morgan fingerprint density at radius 3 is 0.777 bits per heavy atom. The molecule has 0 saturated carbocycles. The van der Waals surface area contributed by atoms with Crippen LogP contribution < -0.4 is 54.0 Å². The second-order valence-corrected chi connectivity index (χ2v) is 24.8. The molecule has 6 amide bonds. The molecule has 0 aliphatic heterocycles. The quantitative estimate of drug-likeness (QED) is 0.00854. The van der Waals surface area contributed by atoms with Crippen molar-refractivity contribution in [3.05, 3.63) is 144 Å². The van der Waals surface area contributed by atoms with Crippen molar-refractivity contribution in [3.8, 4) is 0 Å². The van der Waals surface area contributed by atoms with Crippen molar-refractivity contribution in [1.82, 2.24) is 42.5 Å². The molecule has 0 aliphatic carbocycles. The van der Waals surface area contributed by atoms with Crippen molar-refractivity contribution in [2.75, 3.05) is 24.8 Å². The Kier molecular flexibility index (Phi) is 40.1. The highest BCUT2D eigenvalue weighted by Crippen LogP contribution is 2.17. The summed E-state index contributed by atoms with van der Waals surface area (Å²) in [6, 6.07) is 31.4. The Hall–Kier alpha value is -7.84. The number of hydrogen-bond acceptors (Lipinski definition) is 10. The second kappa shape index (κ2) is 47.9. The van der Waals surface area contributed by atoms with E-state index in [1.807, 2.05) is 121 Å². The van der Waals surface area contributed by atoms with Crippen molar-refractivity contribution < 1.29 is 38.4 Å². The van der Waals surface area contributed by atoms with Gasteiger partial charge in [0.05, 0.1) is 23.8 Å². The number of carbonyl (C=O) groups excluding carboxylic acids is 8. The largest absolute Gasteiger partial charge is 0.370 e. The van der Waals surface area contributed by atoms with Crippen LogP contribution in [0.1, 0.15) is 176 Å². The summed E-state index contributed by atoms with van der Waals surface area (Å²) in [5.74, 6) is -4.40. The lowest BCUT2D eigenvalue weighted by Crippen LogP contribution is -2.57. The van der Waals surface area contributed by atoms with Crippen molar-refractivity contribution in [2.24, 2.45) is 11.5 Å². The van der Waals surface area contributed by atoms with Crippen LogP contribution in [0.5, 0.6) is 0 Å². The van der Waals surface area contributed by atoms with Gasteiger partial charge < -0.3 is 54.0 Å². The Labute approximate surface area is 566 Å². The molecule has 4 rings (SSSR count). The number of ketones is 2. The number of amides is 6. The number of nitrogens with one attached hydrogen (secondary N) is 10. The van der Waals surface area contributed by atoms with Crippen LogP contribution in [0.2, 0.25) is 0 Å². The van der Waals surface area contributed by atoms with Gasteiger partial charge in [0.25, 0.3) is 0 Å². The van der Waals surface area contributed by atoms with Gasteiger partial charge in [-0.3, -0.25) is 49.2 Å². The first-order chi connectivity index (χ1) is 45.5. The molecule has 0 saturated heterocycles. The van der Waals surface area contributed by atoms with Crippen molar-refractivity contribution in [2.45, 2.75) is 216 Å². The van der Waals surface area contributed by atoms with Gasteiger partial charge in [0.15, 0.2) is 23.5 Å². The minimum atomic E-state index is -1.06. The van der Waals surface area contributed by atoms with Gasteiger partial charge in [-0.15, -0.1) is 23.2 Å².